The standard InChI is InChI=1S/C10H18N4O2S/c1-4-14(6-7-16-5-2)9(15)8-12-13-10(11-3)17-8/h4-7H2,1-3H3,(H,11,13). The van der Waals surface area contributed by atoms with Gasteiger partial charge in [-0.15, -0.1) is 10.2 Å². The van der Waals surface area contributed by atoms with Crippen LogP contribution in [0.25, 0.3) is 0 Å². The fourth-order valence-electron chi connectivity index (χ4n) is 1.27. The Bertz CT molecular complexity index is 356. The molecule has 0 fully saturated rings. The molecule has 0 atom stereocenters. The molecule has 96 valence electrons. The van der Waals surface area contributed by atoms with Gasteiger partial charge < -0.3 is 15.0 Å². The summed E-state index contributed by atoms with van der Waals surface area (Å²) in [6.45, 7) is 6.30. The van der Waals surface area contributed by atoms with E-state index >= 15 is 0 Å². The molecule has 0 unspecified atom stereocenters. The first-order valence-corrected chi connectivity index (χ1v) is 6.42. The summed E-state index contributed by atoms with van der Waals surface area (Å²) in [4.78, 5) is 13.8. The maximum atomic E-state index is 12.0. The number of amides is 1. The molecule has 0 aliphatic carbocycles. The van der Waals surface area contributed by atoms with Crippen molar-refractivity contribution in [2.75, 3.05) is 38.7 Å². The summed E-state index contributed by atoms with van der Waals surface area (Å²) in [6, 6.07) is 0. The maximum absolute atomic E-state index is 12.0. The fourth-order valence-corrected chi connectivity index (χ4v) is 1.93. The minimum Gasteiger partial charge on any atom is -0.380 e. The highest BCUT2D eigenvalue weighted by Gasteiger charge is 2.18. The Labute approximate surface area is 105 Å². The molecule has 0 aliphatic heterocycles. The number of hydrogen-bond donors (Lipinski definition) is 1. The summed E-state index contributed by atoms with van der Waals surface area (Å²) >= 11 is 1.26. The smallest absolute Gasteiger partial charge is 0.284 e. The maximum Gasteiger partial charge on any atom is 0.284 e. The zero-order valence-corrected chi connectivity index (χ0v) is 11.2. The summed E-state index contributed by atoms with van der Waals surface area (Å²) in [5, 5.41) is 11.6. The van der Waals surface area contributed by atoms with Crippen molar-refractivity contribution in [3.8, 4) is 0 Å². The predicted molar refractivity (Wildman–Crippen MR) is 67.5 cm³/mol. The van der Waals surface area contributed by atoms with E-state index in [-0.39, 0.29) is 5.91 Å². The summed E-state index contributed by atoms with van der Waals surface area (Å²) in [7, 11) is 1.75. The number of likely N-dealkylation sites (N-methyl/N-ethyl adjacent to an activating group) is 1. The van der Waals surface area contributed by atoms with E-state index in [4.69, 9.17) is 4.74 Å². The average Bonchev–Trinajstić information content (AvgIpc) is 2.82. The molecular formula is C10H18N4O2S. The number of nitrogens with zero attached hydrogens (tertiary/aromatic N) is 3. The van der Waals surface area contributed by atoms with Gasteiger partial charge in [0.2, 0.25) is 10.1 Å². The quantitative estimate of drug-likeness (QED) is 0.741. The van der Waals surface area contributed by atoms with Crippen molar-refractivity contribution in [3.05, 3.63) is 5.01 Å². The van der Waals surface area contributed by atoms with E-state index in [2.05, 4.69) is 15.5 Å². The van der Waals surface area contributed by atoms with Crippen molar-refractivity contribution >= 4 is 22.4 Å². The highest BCUT2D eigenvalue weighted by molar-refractivity contribution is 7.17. The Hall–Kier alpha value is -1.21. The average molecular weight is 258 g/mol. The Kier molecular flexibility index (Phi) is 5.85. The lowest BCUT2D eigenvalue weighted by Crippen LogP contribution is -2.33. The molecule has 0 aromatic carbocycles. The highest BCUT2D eigenvalue weighted by atomic mass is 32.1. The van der Waals surface area contributed by atoms with E-state index < -0.39 is 0 Å². The molecule has 1 N–H and O–H groups in total. The van der Waals surface area contributed by atoms with Gasteiger partial charge in [-0.2, -0.15) is 0 Å². The molecule has 17 heavy (non-hydrogen) atoms. The molecule has 1 heterocycles. The lowest BCUT2D eigenvalue weighted by molar-refractivity contribution is 0.0668. The number of rotatable bonds is 7. The fraction of sp³-hybridized carbons (Fsp3) is 0.700. The van der Waals surface area contributed by atoms with Gasteiger partial charge in [0.05, 0.1) is 6.61 Å². The predicted octanol–water partition coefficient (Wildman–Crippen LogP) is 1.08. The number of anilines is 1. The van der Waals surface area contributed by atoms with Gasteiger partial charge in [0.1, 0.15) is 0 Å². The second-order valence-electron chi connectivity index (χ2n) is 3.24. The molecule has 0 aliphatic rings. The van der Waals surface area contributed by atoms with E-state index in [9.17, 15) is 4.79 Å². The van der Waals surface area contributed by atoms with Crippen molar-refractivity contribution in [1.29, 1.82) is 0 Å². The van der Waals surface area contributed by atoms with Crippen LogP contribution in [0, 0.1) is 0 Å². The first-order chi connectivity index (χ1) is 8.22. The number of nitrogens with one attached hydrogen (secondary N) is 1. The molecule has 1 aromatic rings. The van der Waals surface area contributed by atoms with Crippen molar-refractivity contribution < 1.29 is 9.53 Å². The van der Waals surface area contributed by atoms with Gasteiger partial charge in [0.25, 0.3) is 5.91 Å². The Balaban J connectivity index is 2.58. The number of hydrogen-bond acceptors (Lipinski definition) is 6. The first kappa shape index (κ1) is 13.9. The van der Waals surface area contributed by atoms with E-state index in [1.165, 1.54) is 11.3 Å². The second kappa shape index (κ2) is 7.18. The van der Waals surface area contributed by atoms with Crippen LogP contribution in [0.1, 0.15) is 23.6 Å². The van der Waals surface area contributed by atoms with Gasteiger partial charge >= 0.3 is 0 Å². The summed E-state index contributed by atoms with van der Waals surface area (Å²) in [5.74, 6) is -0.0915. The van der Waals surface area contributed by atoms with Crippen LogP contribution in [-0.4, -0.2) is 54.4 Å². The number of carbonyl (C=O) groups excluding carboxylic acids is 1. The van der Waals surface area contributed by atoms with Crippen LogP contribution in [0.2, 0.25) is 0 Å². The van der Waals surface area contributed by atoms with Gasteiger partial charge in [-0.1, -0.05) is 11.3 Å². The first-order valence-electron chi connectivity index (χ1n) is 5.61. The molecule has 1 aromatic heterocycles. The van der Waals surface area contributed by atoms with Crippen LogP contribution in [-0.2, 0) is 4.74 Å². The van der Waals surface area contributed by atoms with Crippen molar-refractivity contribution in [2.24, 2.45) is 0 Å². The molecule has 0 saturated heterocycles. The van der Waals surface area contributed by atoms with E-state index in [0.29, 0.717) is 36.4 Å². The molecule has 6 nitrogen and oxygen atoms in total. The van der Waals surface area contributed by atoms with E-state index in [1.54, 1.807) is 11.9 Å². The minimum absolute atomic E-state index is 0.0915. The second-order valence-corrected chi connectivity index (χ2v) is 4.22. The zero-order chi connectivity index (χ0) is 12.7. The molecular weight excluding hydrogens is 240 g/mol. The molecule has 1 amide bonds. The number of carbonyl (C=O) groups is 1. The van der Waals surface area contributed by atoms with Crippen LogP contribution in [0.3, 0.4) is 0 Å². The van der Waals surface area contributed by atoms with Crippen molar-refractivity contribution in [2.45, 2.75) is 13.8 Å². The van der Waals surface area contributed by atoms with Crippen LogP contribution >= 0.6 is 11.3 Å². The molecule has 0 radical (unpaired) electrons. The SMILES string of the molecule is CCOCCN(CC)C(=O)c1nnc(NC)s1. The van der Waals surface area contributed by atoms with Crippen LogP contribution in [0.5, 0.6) is 0 Å². The summed E-state index contributed by atoms with van der Waals surface area (Å²) in [5.41, 5.74) is 0. The molecule has 0 spiro atoms. The summed E-state index contributed by atoms with van der Waals surface area (Å²) in [6.07, 6.45) is 0. The number of aromatic nitrogens is 2. The van der Waals surface area contributed by atoms with Gasteiger partial charge in [-0.25, -0.2) is 0 Å². The van der Waals surface area contributed by atoms with E-state index in [0.717, 1.165) is 0 Å². The Morgan fingerprint density at radius 2 is 2.24 bits per heavy atom. The molecule has 7 heteroatoms. The van der Waals surface area contributed by atoms with Crippen molar-refractivity contribution in [3.63, 3.8) is 0 Å². The zero-order valence-electron chi connectivity index (χ0n) is 10.4. The Morgan fingerprint density at radius 1 is 1.47 bits per heavy atom. The van der Waals surface area contributed by atoms with Crippen LogP contribution < -0.4 is 5.32 Å². The summed E-state index contributed by atoms with van der Waals surface area (Å²) < 4.78 is 5.24. The van der Waals surface area contributed by atoms with Gasteiger partial charge in [-0.3, -0.25) is 4.79 Å². The van der Waals surface area contributed by atoms with Crippen LogP contribution in [0.4, 0.5) is 5.13 Å². The van der Waals surface area contributed by atoms with Gasteiger partial charge in [0.15, 0.2) is 0 Å². The molecule has 0 bridgehead atoms. The van der Waals surface area contributed by atoms with Crippen molar-refractivity contribution in [1.82, 2.24) is 15.1 Å². The third kappa shape index (κ3) is 3.94. The monoisotopic (exact) mass is 258 g/mol. The third-order valence-corrected chi connectivity index (χ3v) is 3.13. The molecule has 0 saturated carbocycles. The normalized spacial score (nSPS) is 10.3. The van der Waals surface area contributed by atoms with Gasteiger partial charge in [0, 0.05) is 26.7 Å². The molecule has 1 rings (SSSR count). The van der Waals surface area contributed by atoms with Gasteiger partial charge in [-0.05, 0) is 13.8 Å². The minimum atomic E-state index is -0.0915. The van der Waals surface area contributed by atoms with E-state index in [1.807, 2.05) is 13.8 Å². The topological polar surface area (TPSA) is 67.3 Å². The third-order valence-electron chi connectivity index (χ3n) is 2.20. The number of ether oxygens (including phenoxy) is 1. The highest BCUT2D eigenvalue weighted by Crippen LogP contribution is 2.15. The van der Waals surface area contributed by atoms with Crippen LogP contribution in [0.15, 0.2) is 0 Å². The Morgan fingerprint density at radius 3 is 2.76 bits per heavy atom. The largest absolute Gasteiger partial charge is 0.380 e. The lowest BCUT2D eigenvalue weighted by Gasteiger charge is -2.18. The lowest BCUT2D eigenvalue weighted by atomic mass is 10.4.